The van der Waals surface area contributed by atoms with Crippen LogP contribution >= 0.6 is 0 Å². The summed E-state index contributed by atoms with van der Waals surface area (Å²) in [6, 6.07) is 5.29. The smallest absolute Gasteiger partial charge is 0.159 e. The number of carbonyl (C=O) groups excluding carboxylic acids is 1. The minimum atomic E-state index is -0.548. The molecule has 204 valence electrons. The van der Waals surface area contributed by atoms with Gasteiger partial charge in [-0.15, -0.1) is 0 Å². The Morgan fingerprint density at radius 3 is 2.62 bits per heavy atom. The van der Waals surface area contributed by atoms with E-state index in [0.717, 1.165) is 51.6 Å². The molecule has 37 heavy (non-hydrogen) atoms. The first-order chi connectivity index (χ1) is 17.6. The first-order valence-corrected chi connectivity index (χ1v) is 14.2. The molecule has 0 radical (unpaired) electrons. The van der Waals surface area contributed by atoms with Gasteiger partial charge in [0, 0.05) is 19.1 Å². The number of ether oxygens (including phenoxy) is 2. The number of aliphatic hydroxyl groups is 1. The van der Waals surface area contributed by atoms with Crippen molar-refractivity contribution in [2.45, 2.75) is 77.2 Å². The van der Waals surface area contributed by atoms with Crippen molar-refractivity contribution >= 4 is 17.2 Å². The Hall–Kier alpha value is -1.99. The molecule has 4 aliphatic rings. The van der Waals surface area contributed by atoms with Crippen molar-refractivity contribution in [2.24, 2.45) is 50.6 Å². The summed E-state index contributed by atoms with van der Waals surface area (Å²) in [5.74, 6) is 3.33. The molecule has 8 atom stereocenters. The number of fused-ring (bicyclic) bond motifs is 5. The molecule has 7 heteroatoms. The van der Waals surface area contributed by atoms with E-state index in [1.54, 1.807) is 25.3 Å². The van der Waals surface area contributed by atoms with Gasteiger partial charge in [-0.3, -0.25) is 4.79 Å². The van der Waals surface area contributed by atoms with E-state index in [1.807, 2.05) is 14.0 Å². The lowest BCUT2D eigenvalue weighted by Gasteiger charge is -2.62. The Morgan fingerprint density at radius 2 is 1.89 bits per heavy atom. The van der Waals surface area contributed by atoms with Crippen LogP contribution in [0.4, 0.5) is 11.4 Å². The number of carbonyl (C=O) groups is 1. The van der Waals surface area contributed by atoms with Gasteiger partial charge in [0.2, 0.25) is 0 Å². The van der Waals surface area contributed by atoms with E-state index in [9.17, 15) is 9.90 Å². The van der Waals surface area contributed by atoms with Crippen LogP contribution in [0.5, 0.6) is 5.75 Å². The highest BCUT2D eigenvalue weighted by Gasteiger charge is 2.63. The normalized spacial score (nSPS) is 41.2. The second kappa shape index (κ2) is 9.96. The van der Waals surface area contributed by atoms with Gasteiger partial charge in [-0.2, -0.15) is 10.2 Å². The molecule has 1 aromatic rings. The van der Waals surface area contributed by atoms with Gasteiger partial charge < -0.3 is 20.3 Å². The van der Waals surface area contributed by atoms with Crippen molar-refractivity contribution in [1.82, 2.24) is 0 Å². The number of nitrogen functional groups attached to an aromatic ring is 1. The number of azo groups is 1. The molecule has 0 unspecified atom stereocenters. The SMILES string of the molecule is COC[C@]12CC[C@@](C)(O)C[C@@H]1CC[C@H]1[C@@H]3CC[C@H](C(=O)CN=Nc4ccc(OC)cc4N)[C@@]3(C)CC[C@@H]12. The molecular formula is C30H45N3O4. The standard InChI is InChI=1S/C30H45N3O4/c1-28(35)13-14-30(18-36-3)19(16-28)5-7-21-22-8-9-24(29(22,2)12-11-23(21)30)27(34)17-32-33-26-10-6-20(37-4)15-25(26)31/h6,10,15,19,21-24,35H,5,7-9,11-14,16-18,31H2,1-4H3/t19-,21-,22-,23-,24+,28+,29-,30+/m0/s1. The summed E-state index contributed by atoms with van der Waals surface area (Å²) >= 11 is 0. The summed E-state index contributed by atoms with van der Waals surface area (Å²) < 4.78 is 11.1. The van der Waals surface area contributed by atoms with Gasteiger partial charge in [-0.25, -0.2) is 0 Å². The van der Waals surface area contributed by atoms with Gasteiger partial charge in [0.05, 0.1) is 25.0 Å². The molecule has 0 saturated heterocycles. The molecule has 0 bridgehead atoms. The summed E-state index contributed by atoms with van der Waals surface area (Å²) in [6.07, 6.45) is 9.54. The predicted molar refractivity (Wildman–Crippen MR) is 144 cm³/mol. The van der Waals surface area contributed by atoms with Crippen molar-refractivity contribution in [3.05, 3.63) is 18.2 Å². The topological polar surface area (TPSA) is 106 Å². The summed E-state index contributed by atoms with van der Waals surface area (Å²) in [6.45, 7) is 5.30. The number of methoxy groups -OCH3 is 2. The van der Waals surface area contributed by atoms with Crippen LogP contribution in [-0.4, -0.2) is 43.9 Å². The molecule has 0 spiro atoms. The molecule has 3 N–H and O–H groups in total. The second-order valence-electron chi connectivity index (χ2n) is 13.0. The summed E-state index contributed by atoms with van der Waals surface area (Å²) in [7, 11) is 3.44. The largest absolute Gasteiger partial charge is 0.497 e. The van der Waals surface area contributed by atoms with Crippen LogP contribution in [0.25, 0.3) is 0 Å². The average Bonchev–Trinajstić information content (AvgIpc) is 3.22. The number of nitrogens with two attached hydrogens (primary N) is 1. The predicted octanol–water partition coefficient (Wildman–Crippen LogP) is 5.97. The van der Waals surface area contributed by atoms with Crippen LogP contribution in [0.15, 0.2) is 28.4 Å². The molecule has 7 nitrogen and oxygen atoms in total. The summed E-state index contributed by atoms with van der Waals surface area (Å²) in [5.41, 5.74) is 6.78. The van der Waals surface area contributed by atoms with Gasteiger partial charge in [-0.05, 0) is 111 Å². The number of anilines is 1. The van der Waals surface area contributed by atoms with E-state index in [1.165, 1.54) is 12.8 Å². The van der Waals surface area contributed by atoms with Gasteiger partial charge in [0.15, 0.2) is 5.78 Å². The maximum atomic E-state index is 13.5. The molecule has 0 amide bonds. The second-order valence-corrected chi connectivity index (χ2v) is 13.0. The Kier molecular flexibility index (Phi) is 7.16. The Morgan fingerprint density at radius 1 is 1.08 bits per heavy atom. The maximum Gasteiger partial charge on any atom is 0.159 e. The van der Waals surface area contributed by atoms with Crippen LogP contribution in [0.3, 0.4) is 0 Å². The first-order valence-electron chi connectivity index (χ1n) is 14.2. The van der Waals surface area contributed by atoms with E-state index < -0.39 is 5.60 Å². The Labute approximate surface area is 221 Å². The number of hydrogen-bond acceptors (Lipinski definition) is 7. The number of Topliss-reactive ketones (excluding diaryl/α,β-unsaturated/α-hetero) is 1. The highest BCUT2D eigenvalue weighted by Crippen LogP contribution is 2.68. The van der Waals surface area contributed by atoms with E-state index in [2.05, 4.69) is 17.2 Å². The minimum absolute atomic E-state index is 0.0359. The molecule has 4 aliphatic carbocycles. The highest BCUT2D eigenvalue weighted by atomic mass is 16.5. The number of hydrogen-bond donors (Lipinski definition) is 2. The van der Waals surface area contributed by atoms with Crippen LogP contribution in [0.1, 0.15) is 71.6 Å². The molecule has 5 rings (SSSR count). The number of nitrogens with zero attached hydrogens (tertiary/aromatic N) is 2. The molecule has 0 aromatic heterocycles. The zero-order chi connectivity index (χ0) is 26.4. The first kappa shape index (κ1) is 26.6. The lowest BCUT2D eigenvalue weighted by atomic mass is 9.43. The van der Waals surface area contributed by atoms with Crippen molar-refractivity contribution in [3.63, 3.8) is 0 Å². The van der Waals surface area contributed by atoms with Crippen LogP contribution in [0.2, 0.25) is 0 Å². The number of benzene rings is 1. The molecule has 1 aromatic carbocycles. The van der Waals surface area contributed by atoms with Crippen molar-refractivity contribution in [2.75, 3.05) is 33.1 Å². The molecule has 0 aliphatic heterocycles. The van der Waals surface area contributed by atoms with Crippen molar-refractivity contribution in [1.29, 1.82) is 0 Å². The van der Waals surface area contributed by atoms with Crippen LogP contribution in [-0.2, 0) is 9.53 Å². The lowest BCUT2D eigenvalue weighted by molar-refractivity contribution is -0.175. The van der Waals surface area contributed by atoms with Crippen molar-refractivity contribution in [3.8, 4) is 5.75 Å². The maximum absolute atomic E-state index is 13.5. The fourth-order valence-electron chi connectivity index (χ4n) is 9.35. The average molecular weight is 512 g/mol. The summed E-state index contributed by atoms with van der Waals surface area (Å²) in [4.78, 5) is 13.5. The van der Waals surface area contributed by atoms with Gasteiger partial charge in [0.25, 0.3) is 0 Å². The van der Waals surface area contributed by atoms with Crippen LogP contribution < -0.4 is 10.5 Å². The molecule has 4 fully saturated rings. The number of ketones is 1. The lowest BCUT2D eigenvalue weighted by Crippen LogP contribution is -2.58. The van der Waals surface area contributed by atoms with E-state index >= 15 is 0 Å². The third-order valence-corrected chi connectivity index (χ3v) is 11.1. The zero-order valence-corrected chi connectivity index (χ0v) is 23.0. The minimum Gasteiger partial charge on any atom is -0.497 e. The third-order valence-electron chi connectivity index (χ3n) is 11.1. The Bertz CT molecular complexity index is 1040. The van der Waals surface area contributed by atoms with Crippen LogP contribution in [0, 0.1) is 40.4 Å². The summed E-state index contributed by atoms with van der Waals surface area (Å²) in [5, 5.41) is 19.4. The van der Waals surface area contributed by atoms with Crippen molar-refractivity contribution < 1.29 is 19.4 Å². The quantitative estimate of drug-likeness (QED) is 0.347. The van der Waals surface area contributed by atoms with E-state index in [4.69, 9.17) is 15.2 Å². The monoisotopic (exact) mass is 511 g/mol. The zero-order valence-electron chi connectivity index (χ0n) is 23.0. The fraction of sp³-hybridized carbons (Fsp3) is 0.767. The van der Waals surface area contributed by atoms with Gasteiger partial charge in [-0.1, -0.05) is 6.92 Å². The third kappa shape index (κ3) is 4.60. The molecule has 0 heterocycles. The highest BCUT2D eigenvalue weighted by molar-refractivity contribution is 5.84. The Balaban J connectivity index is 1.29. The molecular weight excluding hydrogens is 466 g/mol. The molecule has 4 saturated carbocycles. The van der Waals surface area contributed by atoms with Gasteiger partial charge >= 0.3 is 0 Å². The fourth-order valence-corrected chi connectivity index (χ4v) is 9.35. The van der Waals surface area contributed by atoms with E-state index in [0.29, 0.717) is 40.8 Å². The van der Waals surface area contributed by atoms with Gasteiger partial charge in [0.1, 0.15) is 18.0 Å². The van der Waals surface area contributed by atoms with E-state index in [-0.39, 0.29) is 29.1 Å². The number of rotatable bonds is 7.